The number of nitrogens with zero attached hydrogens (tertiary/aromatic N) is 3. The highest BCUT2D eigenvalue weighted by Gasteiger charge is 2.19. The molecule has 5 nitrogen and oxygen atoms in total. The molecule has 1 unspecified atom stereocenters. The Labute approximate surface area is 123 Å². The maximum absolute atomic E-state index is 4.64. The van der Waals surface area contributed by atoms with E-state index in [2.05, 4.69) is 50.9 Å². The Hall–Kier alpha value is -1.40. The summed E-state index contributed by atoms with van der Waals surface area (Å²) in [6, 6.07) is 2.58. The average Bonchev–Trinajstić information content (AvgIpc) is 2.87. The molecular formula is C14H21N5S. The highest BCUT2D eigenvalue weighted by Crippen LogP contribution is 2.27. The fourth-order valence-corrected chi connectivity index (χ4v) is 3.44. The van der Waals surface area contributed by atoms with Crippen LogP contribution in [0.1, 0.15) is 19.8 Å². The van der Waals surface area contributed by atoms with Crippen LogP contribution in [0.5, 0.6) is 0 Å². The third kappa shape index (κ3) is 2.86. The van der Waals surface area contributed by atoms with Crippen molar-refractivity contribution < 1.29 is 0 Å². The highest BCUT2D eigenvalue weighted by atomic mass is 32.1. The number of rotatable bonds is 4. The van der Waals surface area contributed by atoms with E-state index < -0.39 is 0 Å². The molecule has 1 atom stereocenters. The van der Waals surface area contributed by atoms with Crippen LogP contribution < -0.4 is 10.6 Å². The summed E-state index contributed by atoms with van der Waals surface area (Å²) in [5.74, 6) is 1.68. The summed E-state index contributed by atoms with van der Waals surface area (Å²) in [5.41, 5.74) is 0. The largest absolute Gasteiger partial charge is 0.365 e. The van der Waals surface area contributed by atoms with Gasteiger partial charge in [-0.05, 0) is 44.8 Å². The predicted octanol–water partition coefficient (Wildman–Crippen LogP) is 2.63. The van der Waals surface area contributed by atoms with E-state index in [0.717, 1.165) is 29.1 Å². The number of nitrogens with one attached hydrogen (secondary N) is 2. The van der Waals surface area contributed by atoms with Crippen LogP contribution in [-0.4, -0.2) is 47.6 Å². The quantitative estimate of drug-likeness (QED) is 0.907. The molecule has 0 spiro atoms. The smallest absolute Gasteiger partial charge is 0.226 e. The van der Waals surface area contributed by atoms with Gasteiger partial charge in [0, 0.05) is 19.1 Å². The van der Waals surface area contributed by atoms with Gasteiger partial charge < -0.3 is 15.5 Å². The maximum Gasteiger partial charge on any atom is 0.226 e. The normalized spacial score (nSPS) is 20.2. The van der Waals surface area contributed by atoms with Crippen molar-refractivity contribution >= 4 is 33.3 Å². The Bertz CT molecular complexity index is 582. The van der Waals surface area contributed by atoms with Gasteiger partial charge in [0.15, 0.2) is 0 Å². The zero-order valence-electron chi connectivity index (χ0n) is 12.0. The molecule has 0 aromatic carbocycles. The number of thiophene rings is 1. The number of anilines is 2. The second kappa shape index (κ2) is 5.93. The van der Waals surface area contributed by atoms with Gasteiger partial charge in [0.2, 0.25) is 5.95 Å². The summed E-state index contributed by atoms with van der Waals surface area (Å²) in [6.45, 7) is 5.16. The molecule has 0 bridgehead atoms. The van der Waals surface area contributed by atoms with Gasteiger partial charge in [-0.3, -0.25) is 0 Å². The number of hydrogen-bond acceptors (Lipinski definition) is 6. The SMILES string of the molecule is CCNc1nc(NC2CCCN(C)C2)c2ccsc2n1. The van der Waals surface area contributed by atoms with Crippen LogP contribution in [-0.2, 0) is 0 Å². The van der Waals surface area contributed by atoms with Gasteiger partial charge in [0.25, 0.3) is 0 Å². The zero-order chi connectivity index (χ0) is 13.9. The van der Waals surface area contributed by atoms with Crippen molar-refractivity contribution in [3.63, 3.8) is 0 Å². The van der Waals surface area contributed by atoms with Crippen molar-refractivity contribution in [2.24, 2.45) is 0 Å². The van der Waals surface area contributed by atoms with Crippen molar-refractivity contribution in [2.75, 3.05) is 37.3 Å². The van der Waals surface area contributed by atoms with Gasteiger partial charge >= 0.3 is 0 Å². The van der Waals surface area contributed by atoms with Crippen LogP contribution in [0.2, 0.25) is 0 Å². The summed E-state index contributed by atoms with van der Waals surface area (Å²) in [7, 11) is 2.18. The molecule has 3 heterocycles. The number of aromatic nitrogens is 2. The van der Waals surface area contributed by atoms with Gasteiger partial charge in [-0.15, -0.1) is 11.3 Å². The van der Waals surface area contributed by atoms with E-state index in [9.17, 15) is 0 Å². The molecule has 0 aliphatic carbocycles. The van der Waals surface area contributed by atoms with Gasteiger partial charge in [0.1, 0.15) is 10.6 Å². The van der Waals surface area contributed by atoms with Crippen LogP contribution in [0.15, 0.2) is 11.4 Å². The van der Waals surface area contributed by atoms with E-state index in [1.165, 1.54) is 19.4 Å². The van der Waals surface area contributed by atoms with E-state index in [4.69, 9.17) is 0 Å². The molecular weight excluding hydrogens is 270 g/mol. The lowest BCUT2D eigenvalue weighted by Gasteiger charge is -2.30. The summed E-state index contributed by atoms with van der Waals surface area (Å²) in [5, 5.41) is 10.0. The fourth-order valence-electron chi connectivity index (χ4n) is 2.68. The lowest BCUT2D eigenvalue weighted by Crippen LogP contribution is -2.39. The van der Waals surface area contributed by atoms with Crippen LogP contribution in [0.25, 0.3) is 10.2 Å². The molecule has 0 saturated carbocycles. The molecule has 1 aliphatic rings. The topological polar surface area (TPSA) is 53.1 Å². The average molecular weight is 291 g/mol. The molecule has 2 aromatic rings. The number of fused-ring (bicyclic) bond motifs is 1. The number of likely N-dealkylation sites (tertiary alicyclic amines) is 1. The van der Waals surface area contributed by atoms with Crippen LogP contribution in [0.3, 0.4) is 0 Å². The van der Waals surface area contributed by atoms with Gasteiger partial charge in [-0.2, -0.15) is 4.98 Å². The third-order valence-electron chi connectivity index (χ3n) is 3.63. The monoisotopic (exact) mass is 291 g/mol. The zero-order valence-corrected chi connectivity index (χ0v) is 12.8. The van der Waals surface area contributed by atoms with E-state index in [1.54, 1.807) is 11.3 Å². The molecule has 6 heteroatoms. The van der Waals surface area contributed by atoms with E-state index in [-0.39, 0.29) is 0 Å². The summed E-state index contributed by atoms with van der Waals surface area (Å²) in [6.07, 6.45) is 2.45. The first kappa shape index (κ1) is 13.6. The minimum Gasteiger partial charge on any atom is -0.365 e. The van der Waals surface area contributed by atoms with Crippen LogP contribution >= 0.6 is 11.3 Å². The van der Waals surface area contributed by atoms with Crippen molar-refractivity contribution in [2.45, 2.75) is 25.8 Å². The third-order valence-corrected chi connectivity index (χ3v) is 4.43. The van der Waals surface area contributed by atoms with Crippen molar-refractivity contribution in [1.29, 1.82) is 0 Å². The molecule has 0 amide bonds. The van der Waals surface area contributed by atoms with Crippen LogP contribution in [0, 0.1) is 0 Å². The molecule has 2 N–H and O–H groups in total. The van der Waals surface area contributed by atoms with Gasteiger partial charge in [-0.1, -0.05) is 0 Å². The lowest BCUT2D eigenvalue weighted by molar-refractivity contribution is 0.261. The molecule has 1 saturated heterocycles. The maximum atomic E-state index is 4.64. The Morgan fingerprint density at radius 3 is 3.15 bits per heavy atom. The molecule has 108 valence electrons. The Morgan fingerprint density at radius 1 is 1.45 bits per heavy atom. The number of piperidine rings is 1. The summed E-state index contributed by atoms with van der Waals surface area (Å²) in [4.78, 5) is 12.6. The summed E-state index contributed by atoms with van der Waals surface area (Å²) >= 11 is 1.66. The second-order valence-corrected chi connectivity index (χ2v) is 6.21. The van der Waals surface area contributed by atoms with E-state index in [0.29, 0.717) is 12.0 Å². The van der Waals surface area contributed by atoms with Crippen molar-refractivity contribution in [3.8, 4) is 0 Å². The standard InChI is InChI=1S/C14H21N5S/c1-3-15-14-17-12(11-6-8-20-13(11)18-14)16-10-5-4-7-19(2)9-10/h6,8,10H,3-5,7,9H2,1-2H3,(H2,15,16,17,18). The first-order valence-electron chi connectivity index (χ1n) is 7.20. The minimum atomic E-state index is 0.473. The van der Waals surface area contributed by atoms with Gasteiger partial charge in [0.05, 0.1) is 5.39 Å². The molecule has 1 aliphatic heterocycles. The van der Waals surface area contributed by atoms with E-state index in [1.807, 2.05) is 0 Å². The fraction of sp³-hybridized carbons (Fsp3) is 0.571. The van der Waals surface area contributed by atoms with E-state index >= 15 is 0 Å². The number of likely N-dealkylation sites (N-methyl/N-ethyl adjacent to an activating group) is 1. The number of hydrogen-bond donors (Lipinski definition) is 2. The minimum absolute atomic E-state index is 0.473. The van der Waals surface area contributed by atoms with Crippen molar-refractivity contribution in [1.82, 2.24) is 14.9 Å². The second-order valence-electron chi connectivity index (χ2n) is 5.31. The van der Waals surface area contributed by atoms with Crippen molar-refractivity contribution in [3.05, 3.63) is 11.4 Å². The molecule has 20 heavy (non-hydrogen) atoms. The predicted molar refractivity (Wildman–Crippen MR) is 85.7 cm³/mol. The lowest BCUT2D eigenvalue weighted by atomic mass is 10.1. The molecule has 3 rings (SSSR count). The molecule has 1 fully saturated rings. The molecule has 0 radical (unpaired) electrons. The van der Waals surface area contributed by atoms with Gasteiger partial charge in [-0.25, -0.2) is 4.98 Å². The Morgan fingerprint density at radius 2 is 2.35 bits per heavy atom. The Kier molecular flexibility index (Phi) is 4.03. The Balaban J connectivity index is 1.86. The molecule has 2 aromatic heterocycles. The highest BCUT2D eigenvalue weighted by molar-refractivity contribution is 7.16. The summed E-state index contributed by atoms with van der Waals surface area (Å²) < 4.78 is 0. The first-order valence-corrected chi connectivity index (χ1v) is 8.08. The van der Waals surface area contributed by atoms with Crippen LogP contribution in [0.4, 0.5) is 11.8 Å². The first-order chi connectivity index (χ1) is 9.76.